The molecule has 0 aliphatic carbocycles. The lowest BCUT2D eigenvalue weighted by Crippen LogP contribution is -2.29. The summed E-state index contributed by atoms with van der Waals surface area (Å²) in [4.78, 5) is 0. The zero-order valence-corrected chi connectivity index (χ0v) is 13.3. The number of hydrogen-bond acceptors (Lipinski definition) is 4. The molecule has 22 heavy (non-hydrogen) atoms. The first-order valence-corrected chi connectivity index (χ1v) is 7.72. The molecule has 1 aromatic carbocycles. The Kier molecular flexibility index (Phi) is 4.76. The molecule has 0 spiro atoms. The summed E-state index contributed by atoms with van der Waals surface area (Å²) in [6, 6.07) is 8.40. The van der Waals surface area contributed by atoms with Crippen LogP contribution < -0.4 is 5.32 Å². The lowest BCUT2D eigenvalue weighted by Gasteiger charge is -2.22. The van der Waals surface area contributed by atoms with Crippen LogP contribution in [-0.2, 0) is 24.4 Å². The Balaban J connectivity index is 0.00000144. The van der Waals surface area contributed by atoms with Gasteiger partial charge in [0.1, 0.15) is 12.4 Å². The van der Waals surface area contributed by atoms with E-state index in [1.54, 1.807) is 0 Å². The Morgan fingerprint density at radius 3 is 2.82 bits per heavy atom. The lowest BCUT2D eigenvalue weighted by molar-refractivity contribution is 0.105. The maximum atomic E-state index is 5.72. The Bertz CT molecular complexity index is 637. The molecular formula is C16H21ClN4O. The summed E-state index contributed by atoms with van der Waals surface area (Å²) in [7, 11) is 0. The van der Waals surface area contributed by atoms with Gasteiger partial charge in [-0.25, -0.2) is 0 Å². The Morgan fingerprint density at radius 1 is 1.14 bits per heavy atom. The fourth-order valence-corrected chi connectivity index (χ4v) is 3.30. The molecule has 0 atom stereocenters. The molecule has 6 heteroatoms. The van der Waals surface area contributed by atoms with E-state index in [9.17, 15) is 0 Å². The highest BCUT2D eigenvalue weighted by Crippen LogP contribution is 2.25. The number of rotatable bonds is 2. The first-order valence-electron chi connectivity index (χ1n) is 7.72. The standard InChI is InChI=1S/C16H20N4O.ClH/c1-2-4-14-13(3-1)10-21-11-16-19-18-15(20(14)16)9-12-5-7-17-8-6-12;/h1-4,12,17H,5-11H2;1H. The highest BCUT2D eigenvalue weighted by atomic mass is 35.5. The minimum absolute atomic E-state index is 0. The van der Waals surface area contributed by atoms with Crippen molar-refractivity contribution in [2.24, 2.45) is 5.92 Å². The van der Waals surface area contributed by atoms with Crippen LogP contribution in [0.2, 0.25) is 0 Å². The Hall–Kier alpha value is -1.43. The Labute approximate surface area is 136 Å². The number of benzene rings is 1. The molecule has 0 radical (unpaired) electrons. The molecule has 0 saturated carbocycles. The molecule has 2 aliphatic heterocycles. The molecule has 0 amide bonds. The molecule has 0 unspecified atom stereocenters. The van der Waals surface area contributed by atoms with Crippen LogP contribution >= 0.6 is 12.4 Å². The molecule has 3 heterocycles. The van der Waals surface area contributed by atoms with Crippen molar-refractivity contribution in [1.82, 2.24) is 20.1 Å². The molecule has 0 bridgehead atoms. The number of aromatic nitrogens is 3. The maximum Gasteiger partial charge on any atom is 0.163 e. The van der Waals surface area contributed by atoms with Crippen molar-refractivity contribution in [3.8, 4) is 5.69 Å². The van der Waals surface area contributed by atoms with Gasteiger partial charge in [-0.2, -0.15) is 0 Å². The van der Waals surface area contributed by atoms with Crippen molar-refractivity contribution in [3.63, 3.8) is 0 Å². The molecule has 1 aromatic heterocycles. The number of piperidine rings is 1. The average molecular weight is 321 g/mol. The van der Waals surface area contributed by atoms with Gasteiger partial charge in [-0.05, 0) is 37.9 Å². The zero-order valence-electron chi connectivity index (χ0n) is 12.5. The average Bonchev–Trinajstić information content (AvgIpc) is 2.82. The van der Waals surface area contributed by atoms with Gasteiger partial charge in [0, 0.05) is 12.0 Å². The van der Waals surface area contributed by atoms with Crippen molar-refractivity contribution < 1.29 is 4.74 Å². The van der Waals surface area contributed by atoms with Gasteiger partial charge in [0.05, 0.1) is 12.3 Å². The van der Waals surface area contributed by atoms with Gasteiger partial charge in [-0.3, -0.25) is 4.57 Å². The van der Waals surface area contributed by atoms with Crippen molar-refractivity contribution in [3.05, 3.63) is 41.5 Å². The number of fused-ring (bicyclic) bond motifs is 3. The summed E-state index contributed by atoms with van der Waals surface area (Å²) in [5.41, 5.74) is 2.39. The van der Waals surface area contributed by atoms with Crippen LogP contribution in [-0.4, -0.2) is 27.9 Å². The molecule has 1 saturated heterocycles. The smallest absolute Gasteiger partial charge is 0.163 e. The summed E-state index contributed by atoms with van der Waals surface area (Å²) in [5.74, 6) is 2.70. The van der Waals surface area contributed by atoms with Crippen LogP contribution in [0.4, 0.5) is 0 Å². The second-order valence-electron chi connectivity index (χ2n) is 5.89. The normalized spacial score (nSPS) is 18.0. The first kappa shape index (κ1) is 15.5. The molecule has 1 N–H and O–H groups in total. The van der Waals surface area contributed by atoms with E-state index in [4.69, 9.17) is 4.74 Å². The van der Waals surface area contributed by atoms with E-state index in [-0.39, 0.29) is 12.4 Å². The molecule has 1 fully saturated rings. The summed E-state index contributed by atoms with van der Waals surface area (Å²) in [6.45, 7) is 3.41. The summed E-state index contributed by atoms with van der Waals surface area (Å²) in [5, 5.41) is 12.2. The predicted octanol–water partition coefficient (Wildman–Crippen LogP) is 2.26. The highest BCUT2D eigenvalue weighted by Gasteiger charge is 2.22. The maximum absolute atomic E-state index is 5.72. The van der Waals surface area contributed by atoms with E-state index in [0.29, 0.717) is 19.1 Å². The number of ether oxygens (including phenoxy) is 1. The fourth-order valence-electron chi connectivity index (χ4n) is 3.30. The van der Waals surface area contributed by atoms with Gasteiger partial charge in [0.15, 0.2) is 5.82 Å². The third-order valence-electron chi connectivity index (χ3n) is 4.45. The number of nitrogens with one attached hydrogen (secondary N) is 1. The van der Waals surface area contributed by atoms with E-state index in [0.717, 1.165) is 31.2 Å². The highest BCUT2D eigenvalue weighted by molar-refractivity contribution is 5.85. The minimum atomic E-state index is 0. The van der Waals surface area contributed by atoms with Crippen LogP contribution in [0.5, 0.6) is 0 Å². The van der Waals surface area contributed by atoms with Gasteiger partial charge < -0.3 is 10.1 Å². The van der Waals surface area contributed by atoms with Crippen molar-refractivity contribution >= 4 is 12.4 Å². The minimum Gasteiger partial charge on any atom is -0.369 e. The predicted molar refractivity (Wildman–Crippen MR) is 86.4 cm³/mol. The van der Waals surface area contributed by atoms with Crippen molar-refractivity contribution in [2.45, 2.75) is 32.5 Å². The molecule has 4 rings (SSSR count). The molecule has 2 aliphatic rings. The quantitative estimate of drug-likeness (QED) is 0.922. The van der Waals surface area contributed by atoms with Gasteiger partial charge in [0.2, 0.25) is 0 Å². The van der Waals surface area contributed by atoms with E-state index in [2.05, 4.69) is 44.3 Å². The van der Waals surface area contributed by atoms with E-state index in [1.165, 1.54) is 24.1 Å². The topological polar surface area (TPSA) is 52.0 Å². The third-order valence-corrected chi connectivity index (χ3v) is 4.45. The second-order valence-corrected chi connectivity index (χ2v) is 5.89. The molecule has 118 valence electrons. The van der Waals surface area contributed by atoms with Crippen LogP contribution in [0.25, 0.3) is 5.69 Å². The summed E-state index contributed by atoms with van der Waals surface area (Å²) < 4.78 is 7.93. The van der Waals surface area contributed by atoms with Crippen LogP contribution in [0.15, 0.2) is 24.3 Å². The third kappa shape index (κ3) is 2.89. The number of hydrogen-bond donors (Lipinski definition) is 1. The SMILES string of the molecule is Cl.c1ccc2c(c1)COCc1nnc(CC3CCNCC3)n1-2. The van der Waals surface area contributed by atoms with E-state index in [1.807, 2.05) is 0 Å². The second kappa shape index (κ2) is 6.77. The van der Waals surface area contributed by atoms with E-state index < -0.39 is 0 Å². The monoisotopic (exact) mass is 320 g/mol. The van der Waals surface area contributed by atoms with Gasteiger partial charge in [-0.1, -0.05) is 18.2 Å². The van der Waals surface area contributed by atoms with Crippen LogP contribution in [0.3, 0.4) is 0 Å². The molecule has 2 aromatic rings. The van der Waals surface area contributed by atoms with Crippen molar-refractivity contribution in [1.29, 1.82) is 0 Å². The molecule has 5 nitrogen and oxygen atoms in total. The first-order chi connectivity index (χ1) is 10.4. The number of halogens is 1. The summed E-state index contributed by atoms with van der Waals surface area (Å²) in [6.07, 6.45) is 3.45. The lowest BCUT2D eigenvalue weighted by atomic mass is 9.94. The van der Waals surface area contributed by atoms with Crippen LogP contribution in [0.1, 0.15) is 30.1 Å². The largest absolute Gasteiger partial charge is 0.369 e. The fraction of sp³-hybridized carbons (Fsp3) is 0.500. The zero-order chi connectivity index (χ0) is 14.1. The van der Waals surface area contributed by atoms with Gasteiger partial charge in [-0.15, -0.1) is 22.6 Å². The van der Waals surface area contributed by atoms with Crippen LogP contribution in [0, 0.1) is 5.92 Å². The van der Waals surface area contributed by atoms with E-state index >= 15 is 0 Å². The Morgan fingerprint density at radius 2 is 1.95 bits per heavy atom. The molecular weight excluding hydrogens is 300 g/mol. The number of para-hydroxylation sites is 1. The van der Waals surface area contributed by atoms with Crippen molar-refractivity contribution in [2.75, 3.05) is 13.1 Å². The summed E-state index contributed by atoms with van der Waals surface area (Å²) >= 11 is 0. The number of nitrogens with zero attached hydrogens (tertiary/aromatic N) is 3. The van der Waals surface area contributed by atoms with Gasteiger partial charge in [0.25, 0.3) is 0 Å². The van der Waals surface area contributed by atoms with Gasteiger partial charge >= 0.3 is 0 Å².